The lowest BCUT2D eigenvalue weighted by molar-refractivity contribution is -0.136. The maximum atomic E-state index is 13.1. The Hall–Kier alpha value is -2.33. The van der Waals surface area contributed by atoms with E-state index in [4.69, 9.17) is 21.4 Å². The monoisotopic (exact) mass is 388 g/mol. The molecule has 1 aliphatic carbocycles. The Kier molecular flexibility index (Phi) is 6.51. The predicted octanol–water partition coefficient (Wildman–Crippen LogP) is 5.69. The molecule has 2 aromatic rings. The highest BCUT2D eigenvalue weighted by atomic mass is 35.5. The summed E-state index contributed by atoms with van der Waals surface area (Å²) in [5.74, 6) is -0.0370. The second-order valence-corrected chi connectivity index (χ2v) is 7.20. The number of aliphatic carboxylic acids is 1. The van der Waals surface area contributed by atoms with Gasteiger partial charge in [0.1, 0.15) is 12.4 Å². The van der Waals surface area contributed by atoms with Crippen LogP contribution in [-0.4, -0.2) is 11.1 Å². The van der Waals surface area contributed by atoms with E-state index in [-0.39, 0.29) is 12.2 Å². The standard InChI is InChI=1S/C22H22ClFO3/c23-20-13-16(4-7-17(20)8-11-22(25)26)14-27-21-3-1-2-18(21)12-15-5-9-19(24)10-6-15/h4-7,9-10,13H,1-3,8,11-12,14H2,(H,25,26). The van der Waals surface area contributed by atoms with Gasteiger partial charge in [-0.15, -0.1) is 0 Å². The van der Waals surface area contributed by atoms with Gasteiger partial charge in [-0.1, -0.05) is 35.9 Å². The van der Waals surface area contributed by atoms with E-state index in [2.05, 4.69) is 0 Å². The highest BCUT2D eigenvalue weighted by Crippen LogP contribution is 2.30. The van der Waals surface area contributed by atoms with Crippen LogP contribution in [0.25, 0.3) is 0 Å². The summed E-state index contributed by atoms with van der Waals surface area (Å²) in [5, 5.41) is 9.36. The van der Waals surface area contributed by atoms with Gasteiger partial charge in [0.15, 0.2) is 0 Å². The molecule has 0 aliphatic heterocycles. The Balaban J connectivity index is 1.61. The first kappa shape index (κ1) is 19.4. The molecule has 0 atom stereocenters. The normalized spacial score (nSPS) is 13.9. The van der Waals surface area contributed by atoms with Gasteiger partial charge in [0.25, 0.3) is 0 Å². The number of hydrogen-bond donors (Lipinski definition) is 1. The van der Waals surface area contributed by atoms with Crippen LogP contribution in [0, 0.1) is 5.82 Å². The average molecular weight is 389 g/mol. The van der Waals surface area contributed by atoms with Crippen molar-refractivity contribution in [3.05, 3.63) is 81.3 Å². The molecular formula is C22H22ClFO3. The molecule has 1 N–H and O–H groups in total. The number of allylic oxidation sites excluding steroid dienone is 2. The van der Waals surface area contributed by atoms with Gasteiger partial charge in [0, 0.05) is 17.9 Å². The molecule has 0 saturated heterocycles. The fourth-order valence-electron chi connectivity index (χ4n) is 3.28. The summed E-state index contributed by atoms with van der Waals surface area (Å²) in [7, 11) is 0. The fourth-order valence-corrected chi connectivity index (χ4v) is 3.58. The van der Waals surface area contributed by atoms with Gasteiger partial charge in [0.05, 0.1) is 5.76 Å². The number of aryl methyl sites for hydroxylation is 1. The molecule has 1 aliphatic rings. The zero-order chi connectivity index (χ0) is 19.2. The lowest BCUT2D eigenvalue weighted by Gasteiger charge is -2.12. The molecule has 0 fully saturated rings. The number of rotatable bonds is 8. The quantitative estimate of drug-likeness (QED) is 0.631. The molecule has 5 heteroatoms. The van der Waals surface area contributed by atoms with Crippen molar-refractivity contribution in [2.75, 3.05) is 0 Å². The summed E-state index contributed by atoms with van der Waals surface area (Å²) >= 11 is 6.27. The molecule has 142 valence electrons. The topological polar surface area (TPSA) is 46.5 Å². The summed E-state index contributed by atoms with van der Waals surface area (Å²) in [6.45, 7) is 0.432. The second kappa shape index (κ2) is 9.05. The Bertz CT molecular complexity index is 843. The third-order valence-electron chi connectivity index (χ3n) is 4.75. The smallest absolute Gasteiger partial charge is 0.303 e. The number of halogens is 2. The molecule has 3 rings (SSSR count). The van der Waals surface area contributed by atoms with Crippen molar-refractivity contribution in [2.45, 2.75) is 45.1 Å². The summed E-state index contributed by atoms with van der Waals surface area (Å²) in [6.07, 6.45) is 4.26. The van der Waals surface area contributed by atoms with Crippen molar-refractivity contribution in [3.8, 4) is 0 Å². The van der Waals surface area contributed by atoms with Gasteiger partial charge in [-0.2, -0.15) is 0 Å². The molecule has 3 nitrogen and oxygen atoms in total. The Labute approximate surface area is 163 Å². The van der Waals surface area contributed by atoms with Crippen molar-refractivity contribution in [3.63, 3.8) is 0 Å². The van der Waals surface area contributed by atoms with E-state index in [0.29, 0.717) is 18.1 Å². The highest BCUT2D eigenvalue weighted by Gasteiger charge is 2.17. The third kappa shape index (κ3) is 5.57. The van der Waals surface area contributed by atoms with Crippen LogP contribution in [0.15, 0.2) is 53.8 Å². The molecule has 0 unspecified atom stereocenters. The van der Waals surface area contributed by atoms with Gasteiger partial charge in [0.2, 0.25) is 0 Å². The fraction of sp³-hybridized carbons (Fsp3) is 0.318. The van der Waals surface area contributed by atoms with E-state index in [9.17, 15) is 9.18 Å². The van der Waals surface area contributed by atoms with E-state index in [1.807, 2.05) is 30.3 Å². The van der Waals surface area contributed by atoms with Crippen molar-refractivity contribution >= 4 is 17.6 Å². The Morgan fingerprint density at radius 2 is 1.85 bits per heavy atom. The minimum atomic E-state index is -0.833. The van der Waals surface area contributed by atoms with Crippen LogP contribution >= 0.6 is 11.6 Å². The first-order chi connectivity index (χ1) is 13.0. The molecule has 2 aromatic carbocycles. The van der Waals surface area contributed by atoms with E-state index in [0.717, 1.165) is 48.1 Å². The van der Waals surface area contributed by atoms with Crippen molar-refractivity contribution < 1.29 is 19.0 Å². The number of hydrogen-bond acceptors (Lipinski definition) is 2. The van der Waals surface area contributed by atoms with E-state index in [1.165, 1.54) is 17.7 Å². The Morgan fingerprint density at radius 1 is 1.11 bits per heavy atom. The van der Waals surface area contributed by atoms with Crippen molar-refractivity contribution in [1.82, 2.24) is 0 Å². The highest BCUT2D eigenvalue weighted by molar-refractivity contribution is 6.31. The van der Waals surface area contributed by atoms with Crippen LogP contribution in [0.2, 0.25) is 5.02 Å². The van der Waals surface area contributed by atoms with E-state index >= 15 is 0 Å². The first-order valence-electron chi connectivity index (χ1n) is 9.08. The minimum absolute atomic E-state index is 0.0647. The van der Waals surface area contributed by atoms with Crippen LogP contribution in [0.1, 0.15) is 42.4 Å². The van der Waals surface area contributed by atoms with Gasteiger partial charge in [-0.05, 0) is 66.1 Å². The molecule has 0 saturated carbocycles. The summed E-state index contributed by atoms with van der Waals surface area (Å²) < 4.78 is 19.1. The van der Waals surface area contributed by atoms with Crippen molar-refractivity contribution in [2.24, 2.45) is 0 Å². The Morgan fingerprint density at radius 3 is 2.56 bits per heavy atom. The molecular weight excluding hydrogens is 367 g/mol. The zero-order valence-corrected chi connectivity index (χ0v) is 15.8. The molecule has 0 aromatic heterocycles. The van der Waals surface area contributed by atoms with Gasteiger partial charge < -0.3 is 9.84 Å². The van der Waals surface area contributed by atoms with E-state index < -0.39 is 5.97 Å². The SMILES string of the molecule is O=C(O)CCc1ccc(COC2=C(Cc3ccc(F)cc3)CCC2)cc1Cl. The minimum Gasteiger partial charge on any atom is -0.493 e. The average Bonchev–Trinajstić information content (AvgIpc) is 3.08. The van der Waals surface area contributed by atoms with Gasteiger partial charge >= 0.3 is 5.97 Å². The summed E-state index contributed by atoms with van der Waals surface area (Å²) in [6, 6.07) is 12.2. The summed E-state index contributed by atoms with van der Waals surface area (Å²) in [5.41, 5.74) is 4.14. The molecule has 0 spiro atoms. The molecule has 0 amide bonds. The van der Waals surface area contributed by atoms with Crippen LogP contribution in [0.3, 0.4) is 0 Å². The van der Waals surface area contributed by atoms with Crippen LogP contribution in [0.5, 0.6) is 0 Å². The molecule has 0 bridgehead atoms. The molecule has 0 radical (unpaired) electrons. The number of ether oxygens (including phenoxy) is 1. The van der Waals surface area contributed by atoms with Crippen LogP contribution in [0.4, 0.5) is 4.39 Å². The third-order valence-corrected chi connectivity index (χ3v) is 5.10. The lowest BCUT2D eigenvalue weighted by atomic mass is 10.0. The zero-order valence-electron chi connectivity index (χ0n) is 15.0. The summed E-state index contributed by atoms with van der Waals surface area (Å²) in [4.78, 5) is 10.7. The van der Waals surface area contributed by atoms with Crippen LogP contribution in [-0.2, 0) is 29.0 Å². The van der Waals surface area contributed by atoms with Gasteiger partial charge in [-0.25, -0.2) is 4.39 Å². The predicted molar refractivity (Wildman–Crippen MR) is 103 cm³/mol. The number of benzene rings is 2. The lowest BCUT2D eigenvalue weighted by Crippen LogP contribution is -1.99. The number of carbonyl (C=O) groups is 1. The molecule has 0 heterocycles. The number of carboxylic acid groups (broad SMARTS) is 1. The largest absolute Gasteiger partial charge is 0.493 e. The van der Waals surface area contributed by atoms with Crippen LogP contribution < -0.4 is 0 Å². The van der Waals surface area contributed by atoms with E-state index in [1.54, 1.807) is 0 Å². The first-order valence-corrected chi connectivity index (χ1v) is 9.46. The second-order valence-electron chi connectivity index (χ2n) is 6.79. The maximum absolute atomic E-state index is 13.1. The molecule has 27 heavy (non-hydrogen) atoms. The maximum Gasteiger partial charge on any atom is 0.303 e. The van der Waals surface area contributed by atoms with Gasteiger partial charge in [-0.3, -0.25) is 4.79 Å². The number of carboxylic acids is 1. The van der Waals surface area contributed by atoms with Crippen molar-refractivity contribution in [1.29, 1.82) is 0 Å².